The molecule has 3 nitrogen and oxygen atoms in total. The molecule has 1 atom stereocenters. The van der Waals surface area contributed by atoms with Gasteiger partial charge in [0.2, 0.25) is 5.91 Å². The van der Waals surface area contributed by atoms with Crippen molar-refractivity contribution >= 4 is 5.91 Å². The zero-order valence-electron chi connectivity index (χ0n) is 13.3. The molecule has 2 aromatic rings. The second-order valence-corrected chi connectivity index (χ2v) is 6.23. The fourth-order valence-electron chi connectivity index (χ4n) is 3.20. The number of amides is 1. The van der Waals surface area contributed by atoms with E-state index in [1.807, 2.05) is 49.4 Å². The highest BCUT2D eigenvalue weighted by atomic mass is 16.2. The number of nitrogens with one attached hydrogen (secondary N) is 1. The third-order valence-electron chi connectivity index (χ3n) is 4.86. The number of hydrogen-bond donors (Lipinski definition) is 1. The van der Waals surface area contributed by atoms with Gasteiger partial charge in [-0.15, -0.1) is 0 Å². The maximum absolute atomic E-state index is 12.9. The fraction of sp³-hybridized carbons (Fsp3) is 0.300. The van der Waals surface area contributed by atoms with Crippen LogP contribution in [-0.4, -0.2) is 5.91 Å². The number of nitrogens with zero attached hydrogens (tertiary/aromatic N) is 1. The van der Waals surface area contributed by atoms with E-state index in [0.29, 0.717) is 5.56 Å². The molecule has 1 saturated carbocycles. The predicted molar refractivity (Wildman–Crippen MR) is 89.7 cm³/mol. The van der Waals surface area contributed by atoms with Crippen molar-refractivity contribution in [2.24, 2.45) is 0 Å². The van der Waals surface area contributed by atoms with Gasteiger partial charge < -0.3 is 5.32 Å². The second kappa shape index (κ2) is 6.26. The van der Waals surface area contributed by atoms with Crippen LogP contribution in [0.5, 0.6) is 0 Å². The number of rotatable bonds is 4. The van der Waals surface area contributed by atoms with Crippen molar-refractivity contribution < 1.29 is 4.79 Å². The van der Waals surface area contributed by atoms with Crippen molar-refractivity contribution in [3.8, 4) is 6.07 Å². The Kier molecular flexibility index (Phi) is 4.16. The lowest BCUT2D eigenvalue weighted by atomic mass is 9.63. The van der Waals surface area contributed by atoms with Crippen LogP contribution in [0.15, 0.2) is 54.6 Å². The molecule has 3 rings (SSSR count). The minimum Gasteiger partial charge on any atom is -0.349 e. The van der Waals surface area contributed by atoms with Crippen molar-refractivity contribution in [1.82, 2.24) is 5.32 Å². The van der Waals surface area contributed by atoms with Gasteiger partial charge in [0.1, 0.15) is 0 Å². The van der Waals surface area contributed by atoms with Crippen LogP contribution in [0.3, 0.4) is 0 Å². The van der Waals surface area contributed by atoms with E-state index in [-0.39, 0.29) is 17.4 Å². The molecular weight excluding hydrogens is 284 g/mol. The molecule has 0 spiro atoms. The standard InChI is InChI=1S/C20H20N2O/c1-15(17-10-8-16(14-21)9-11-17)22-19(23)20(12-5-13-20)18-6-3-2-4-7-18/h2-4,6-11,15H,5,12-13H2,1H3,(H,22,23). The fourth-order valence-corrected chi connectivity index (χ4v) is 3.20. The van der Waals surface area contributed by atoms with Gasteiger partial charge in [0.05, 0.1) is 23.1 Å². The lowest BCUT2D eigenvalue weighted by molar-refractivity contribution is -0.130. The summed E-state index contributed by atoms with van der Waals surface area (Å²) in [5.41, 5.74) is 2.38. The van der Waals surface area contributed by atoms with Gasteiger partial charge in [0.25, 0.3) is 0 Å². The zero-order chi connectivity index (χ0) is 16.3. The molecule has 1 aliphatic rings. The summed E-state index contributed by atoms with van der Waals surface area (Å²) in [4.78, 5) is 12.9. The highest BCUT2D eigenvalue weighted by Gasteiger charge is 2.45. The Balaban J connectivity index is 1.76. The normalized spacial score (nSPS) is 16.7. The van der Waals surface area contributed by atoms with Crippen molar-refractivity contribution in [3.05, 3.63) is 71.3 Å². The number of hydrogen-bond acceptors (Lipinski definition) is 2. The van der Waals surface area contributed by atoms with Crippen molar-refractivity contribution in [3.63, 3.8) is 0 Å². The number of carbonyl (C=O) groups excluding carboxylic acids is 1. The molecular formula is C20H20N2O. The van der Waals surface area contributed by atoms with Crippen LogP contribution in [0.25, 0.3) is 0 Å². The molecule has 1 amide bonds. The summed E-state index contributed by atoms with van der Waals surface area (Å²) in [6.07, 6.45) is 2.90. The Morgan fingerprint density at radius 3 is 2.30 bits per heavy atom. The molecule has 0 bridgehead atoms. The van der Waals surface area contributed by atoms with Crippen molar-refractivity contribution in [2.45, 2.75) is 37.6 Å². The maximum Gasteiger partial charge on any atom is 0.231 e. The number of benzene rings is 2. The van der Waals surface area contributed by atoms with Gasteiger partial charge in [-0.05, 0) is 43.0 Å². The second-order valence-electron chi connectivity index (χ2n) is 6.23. The van der Waals surface area contributed by atoms with Gasteiger partial charge in [0.15, 0.2) is 0 Å². The Morgan fingerprint density at radius 2 is 1.78 bits per heavy atom. The highest BCUT2D eigenvalue weighted by molar-refractivity contribution is 5.89. The smallest absolute Gasteiger partial charge is 0.231 e. The van der Waals surface area contributed by atoms with E-state index in [4.69, 9.17) is 5.26 Å². The van der Waals surface area contributed by atoms with E-state index >= 15 is 0 Å². The van der Waals surface area contributed by atoms with Crippen molar-refractivity contribution in [2.75, 3.05) is 0 Å². The molecule has 0 aliphatic heterocycles. The summed E-state index contributed by atoms with van der Waals surface area (Å²) < 4.78 is 0. The topological polar surface area (TPSA) is 52.9 Å². The Bertz CT molecular complexity index is 724. The first kappa shape index (κ1) is 15.3. The van der Waals surface area contributed by atoms with E-state index in [1.54, 1.807) is 12.1 Å². The van der Waals surface area contributed by atoms with Gasteiger partial charge in [-0.2, -0.15) is 5.26 Å². The quantitative estimate of drug-likeness (QED) is 0.932. The zero-order valence-corrected chi connectivity index (χ0v) is 13.3. The molecule has 23 heavy (non-hydrogen) atoms. The van der Waals surface area contributed by atoms with E-state index in [9.17, 15) is 4.79 Å². The SMILES string of the molecule is CC(NC(=O)C1(c2ccccc2)CCC1)c1ccc(C#N)cc1. The Labute approximate surface area is 137 Å². The minimum absolute atomic E-state index is 0.0727. The van der Waals surface area contributed by atoms with E-state index in [0.717, 1.165) is 30.4 Å². The predicted octanol–water partition coefficient (Wildman–Crippen LogP) is 3.86. The van der Waals surface area contributed by atoms with Crippen LogP contribution in [0, 0.1) is 11.3 Å². The average Bonchev–Trinajstić information content (AvgIpc) is 2.55. The highest BCUT2D eigenvalue weighted by Crippen LogP contribution is 2.44. The van der Waals surface area contributed by atoms with Crippen LogP contribution in [-0.2, 0) is 10.2 Å². The Hall–Kier alpha value is -2.60. The molecule has 2 aromatic carbocycles. The van der Waals surface area contributed by atoms with Crippen molar-refractivity contribution in [1.29, 1.82) is 5.26 Å². The molecule has 1 unspecified atom stereocenters. The molecule has 0 saturated heterocycles. The number of carbonyl (C=O) groups is 1. The minimum atomic E-state index is -0.373. The van der Waals surface area contributed by atoms with Gasteiger partial charge in [-0.25, -0.2) is 0 Å². The largest absolute Gasteiger partial charge is 0.349 e. The molecule has 1 N–H and O–H groups in total. The summed E-state index contributed by atoms with van der Waals surface area (Å²) in [6.45, 7) is 1.98. The van der Waals surface area contributed by atoms with Crippen LogP contribution in [0.2, 0.25) is 0 Å². The first-order valence-electron chi connectivity index (χ1n) is 8.02. The third-order valence-corrected chi connectivity index (χ3v) is 4.86. The molecule has 1 fully saturated rings. The monoisotopic (exact) mass is 304 g/mol. The van der Waals surface area contributed by atoms with Gasteiger partial charge >= 0.3 is 0 Å². The summed E-state index contributed by atoms with van der Waals surface area (Å²) in [6, 6.07) is 19.5. The van der Waals surface area contributed by atoms with Gasteiger partial charge in [-0.1, -0.05) is 48.9 Å². The molecule has 3 heteroatoms. The summed E-state index contributed by atoms with van der Waals surface area (Å²) in [5.74, 6) is 0.104. The first-order chi connectivity index (χ1) is 11.2. The lowest BCUT2D eigenvalue weighted by Crippen LogP contribution is -2.49. The van der Waals surface area contributed by atoms with Gasteiger partial charge in [-0.3, -0.25) is 4.79 Å². The van der Waals surface area contributed by atoms with Crippen LogP contribution in [0.1, 0.15) is 48.9 Å². The molecule has 116 valence electrons. The Morgan fingerprint density at radius 1 is 1.13 bits per heavy atom. The van der Waals surface area contributed by atoms with Crippen LogP contribution in [0.4, 0.5) is 0 Å². The van der Waals surface area contributed by atoms with E-state index < -0.39 is 0 Å². The molecule has 1 aliphatic carbocycles. The number of nitriles is 1. The third kappa shape index (κ3) is 2.85. The van der Waals surface area contributed by atoms with Crippen LogP contribution >= 0.6 is 0 Å². The lowest BCUT2D eigenvalue weighted by Gasteiger charge is -2.41. The van der Waals surface area contributed by atoms with Crippen LogP contribution < -0.4 is 5.32 Å². The summed E-state index contributed by atoms with van der Waals surface area (Å²) in [7, 11) is 0. The molecule has 0 heterocycles. The van der Waals surface area contributed by atoms with E-state index in [2.05, 4.69) is 11.4 Å². The van der Waals surface area contributed by atoms with Gasteiger partial charge in [0, 0.05) is 0 Å². The maximum atomic E-state index is 12.9. The van der Waals surface area contributed by atoms with E-state index in [1.165, 1.54) is 0 Å². The molecule has 0 radical (unpaired) electrons. The average molecular weight is 304 g/mol. The molecule has 0 aromatic heterocycles. The summed E-state index contributed by atoms with van der Waals surface area (Å²) >= 11 is 0. The first-order valence-corrected chi connectivity index (χ1v) is 8.02. The summed E-state index contributed by atoms with van der Waals surface area (Å²) in [5, 5.41) is 12.0.